The summed E-state index contributed by atoms with van der Waals surface area (Å²) >= 11 is 0. The molecule has 0 aliphatic carbocycles. The zero-order valence-corrected chi connectivity index (χ0v) is 11.3. The molecule has 0 atom stereocenters. The molecule has 1 N–H and O–H groups in total. The summed E-state index contributed by atoms with van der Waals surface area (Å²) in [6.07, 6.45) is 2.81. The predicted molar refractivity (Wildman–Crippen MR) is 74.7 cm³/mol. The van der Waals surface area contributed by atoms with Crippen molar-refractivity contribution in [2.24, 2.45) is 5.41 Å². The molecule has 1 fully saturated rings. The van der Waals surface area contributed by atoms with Gasteiger partial charge in [0.2, 0.25) is 5.91 Å². The van der Waals surface area contributed by atoms with Crippen LogP contribution in [0.3, 0.4) is 0 Å². The molecular weight excluding hydrogens is 224 g/mol. The predicted octanol–water partition coefficient (Wildman–Crippen LogP) is 2.43. The Balaban J connectivity index is 2.19. The molecule has 0 unspecified atom stereocenters. The van der Waals surface area contributed by atoms with Crippen LogP contribution in [0.5, 0.6) is 0 Å². The lowest BCUT2D eigenvalue weighted by Crippen LogP contribution is -2.48. The summed E-state index contributed by atoms with van der Waals surface area (Å²) < 4.78 is 0. The SMILES string of the molecule is CCC1(C(=O)N(C)c2ccccc2)CCNCC1. The van der Waals surface area contributed by atoms with E-state index in [4.69, 9.17) is 0 Å². The minimum atomic E-state index is -0.171. The molecule has 0 radical (unpaired) electrons. The quantitative estimate of drug-likeness (QED) is 0.888. The second-order valence-corrected chi connectivity index (χ2v) is 5.08. The normalized spacial score (nSPS) is 18.3. The highest BCUT2D eigenvalue weighted by Crippen LogP contribution is 2.35. The Kier molecular flexibility index (Phi) is 4.02. The maximum atomic E-state index is 12.7. The number of carbonyl (C=O) groups is 1. The number of anilines is 1. The van der Waals surface area contributed by atoms with Crippen LogP contribution < -0.4 is 10.2 Å². The smallest absolute Gasteiger partial charge is 0.233 e. The Morgan fingerprint density at radius 3 is 2.44 bits per heavy atom. The van der Waals surface area contributed by atoms with Gasteiger partial charge in [-0.25, -0.2) is 0 Å². The van der Waals surface area contributed by atoms with E-state index in [-0.39, 0.29) is 11.3 Å². The fraction of sp³-hybridized carbons (Fsp3) is 0.533. The van der Waals surface area contributed by atoms with Gasteiger partial charge in [-0.15, -0.1) is 0 Å². The van der Waals surface area contributed by atoms with E-state index >= 15 is 0 Å². The number of para-hydroxylation sites is 1. The van der Waals surface area contributed by atoms with Crippen LogP contribution in [-0.2, 0) is 4.79 Å². The average Bonchev–Trinajstić information content (AvgIpc) is 2.47. The standard InChI is InChI=1S/C15H22N2O/c1-3-15(9-11-16-12-10-15)14(18)17(2)13-7-5-4-6-8-13/h4-8,16H,3,9-12H2,1-2H3. The van der Waals surface area contributed by atoms with Gasteiger partial charge in [0.05, 0.1) is 5.41 Å². The maximum absolute atomic E-state index is 12.7. The Labute approximate surface area is 109 Å². The van der Waals surface area contributed by atoms with E-state index in [2.05, 4.69) is 12.2 Å². The molecule has 0 aromatic heterocycles. The van der Waals surface area contributed by atoms with Crippen molar-refractivity contribution in [1.29, 1.82) is 0 Å². The molecule has 2 rings (SSSR count). The van der Waals surface area contributed by atoms with Crippen molar-refractivity contribution in [2.45, 2.75) is 26.2 Å². The highest BCUT2D eigenvalue weighted by molar-refractivity contribution is 5.97. The number of piperidine rings is 1. The van der Waals surface area contributed by atoms with E-state index in [0.717, 1.165) is 38.0 Å². The number of nitrogens with one attached hydrogen (secondary N) is 1. The van der Waals surface area contributed by atoms with Crippen molar-refractivity contribution in [3.05, 3.63) is 30.3 Å². The molecule has 1 amide bonds. The first-order valence-electron chi connectivity index (χ1n) is 6.73. The lowest BCUT2D eigenvalue weighted by molar-refractivity contribution is -0.129. The van der Waals surface area contributed by atoms with E-state index in [9.17, 15) is 4.79 Å². The molecule has 98 valence electrons. The molecular formula is C15H22N2O. The maximum Gasteiger partial charge on any atom is 0.233 e. The summed E-state index contributed by atoms with van der Waals surface area (Å²) in [5.74, 6) is 0.262. The number of benzene rings is 1. The van der Waals surface area contributed by atoms with E-state index in [1.54, 1.807) is 0 Å². The van der Waals surface area contributed by atoms with Crippen molar-refractivity contribution in [3.8, 4) is 0 Å². The van der Waals surface area contributed by atoms with E-state index < -0.39 is 0 Å². The molecule has 0 saturated carbocycles. The highest BCUT2D eigenvalue weighted by atomic mass is 16.2. The van der Waals surface area contributed by atoms with Crippen LogP contribution in [0.15, 0.2) is 30.3 Å². The first-order valence-corrected chi connectivity index (χ1v) is 6.73. The number of amides is 1. The van der Waals surface area contributed by atoms with Crippen LogP contribution in [0.2, 0.25) is 0 Å². The van der Waals surface area contributed by atoms with Crippen LogP contribution in [0.4, 0.5) is 5.69 Å². The van der Waals surface area contributed by atoms with Crippen molar-refractivity contribution in [3.63, 3.8) is 0 Å². The zero-order valence-electron chi connectivity index (χ0n) is 11.3. The first-order chi connectivity index (χ1) is 8.69. The molecule has 1 aromatic rings. The first kappa shape index (κ1) is 13.1. The number of rotatable bonds is 3. The summed E-state index contributed by atoms with van der Waals surface area (Å²) in [5.41, 5.74) is 0.810. The number of hydrogen-bond donors (Lipinski definition) is 1. The zero-order chi connectivity index (χ0) is 13.0. The van der Waals surface area contributed by atoms with E-state index in [1.807, 2.05) is 42.3 Å². The fourth-order valence-electron chi connectivity index (χ4n) is 2.75. The van der Waals surface area contributed by atoms with E-state index in [1.165, 1.54) is 0 Å². The molecule has 1 saturated heterocycles. The topological polar surface area (TPSA) is 32.3 Å². The number of carbonyl (C=O) groups excluding carboxylic acids is 1. The van der Waals surface area contributed by atoms with Crippen LogP contribution in [0.1, 0.15) is 26.2 Å². The van der Waals surface area contributed by atoms with E-state index in [0.29, 0.717) is 0 Å². The molecule has 3 heteroatoms. The third-order valence-electron chi connectivity index (χ3n) is 4.14. The third kappa shape index (κ3) is 2.41. The summed E-state index contributed by atoms with van der Waals surface area (Å²) in [6, 6.07) is 9.90. The van der Waals surface area contributed by atoms with Crippen LogP contribution in [0.25, 0.3) is 0 Å². The van der Waals surface area contributed by atoms with Gasteiger partial charge < -0.3 is 10.2 Å². The molecule has 0 spiro atoms. The Hall–Kier alpha value is -1.35. The van der Waals surface area contributed by atoms with Gasteiger partial charge in [-0.05, 0) is 44.5 Å². The number of nitrogens with zero attached hydrogens (tertiary/aromatic N) is 1. The summed E-state index contributed by atoms with van der Waals surface area (Å²) in [7, 11) is 1.89. The van der Waals surface area contributed by atoms with Gasteiger partial charge in [0.25, 0.3) is 0 Å². The monoisotopic (exact) mass is 246 g/mol. The molecule has 0 bridgehead atoms. The lowest BCUT2D eigenvalue weighted by Gasteiger charge is -2.38. The van der Waals surface area contributed by atoms with Gasteiger partial charge in [0, 0.05) is 12.7 Å². The Morgan fingerprint density at radius 2 is 1.89 bits per heavy atom. The van der Waals surface area contributed by atoms with Gasteiger partial charge >= 0.3 is 0 Å². The molecule has 3 nitrogen and oxygen atoms in total. The largest absolute Gasteiger partial charge is 0.317 e. The van der Waals surface area contributed by atoms with Gasteiger partial charge in [0.1, 0.15) is 0 Å². The third-order valence-corrected chi connectivity index (χ3v) is 4.14. The second kappa shape index (κ2) is 5.53. The average molecular weight is 246 g/mol. The van der Waals surface area contributed by atoms with Crippen molar-refractivity contribution < 1.29 is 4.79 Å². The lowest BCUT2D eigenvalue weighted by atomic mass is 9.75. The summed E-state index contributed by atoms with van der Waals surface area (Å²) in [6.45, 7) is 4.02. The molecule has 1 aliphatic rings. The number of hydrogen-bond acceptors (Lipinski definition) is 2. The molecule has 1 aliphatic heterocycles. The summed E-state index contributed by atoms with van der Waals surface area (Å²) in [5, 5.41) is 3.34. The van der Waals surface area contributed by atoms with Gasteiger partial charge in [-0.3, -0.25) is 4.79 Å². The Morgan fingerprint density at radius 1 is 1.28 bits per heavy atom. The van der Waals surface area contributed by atoms with Crippen LogP contribution >= 0.6 is 0 Å². The molecule has 1 heterocycles. The summed E-state index contributed by atoms with van der Waals surface area (Å²) in [4.78, 5) is 14.6. The minimum absolute atomic E-state index is 0.171. The highest BCUT2D eigenvalue weighted by Gasteiger charge is 2.39. The second-order valence-electron chi connectivity index (χ2n) is 5.08. The molecule has 1 aromatic carbocycles. The van der Waals surface area contributed by atoms with Crippen molar-refractivity contribution in [1.82, 2.24) is 5.32 Å². The fourth-order valence-corrected chi connectivity index (χ4v) is 2.75. The molecule has 18 heavy (non-hydrogen) atoms. The van der Waals surface area contributed by atoms with Gasteiger partial charge in [-0.1, -0.05) is 25.1 Å². The van der Waals surface area contributed by atoms with Crippen molar-refractivity contribution in [2.75, 3.05) is 25.0 Å². The van der Waals surface area contributed by atoms with Crippen LogP contribution in [-0.4, -0.2) is 26.0 Å². The minimum Gasteiger partial charge on any atom is -0.317 e. The van der Waals surface area contributed by atoms with Gasteiger partial charge in [-0.2, -0.15) is 0 Å². The van der Waals surface area contributed by atoms with Crippen LogP contribution in [0, 0.1) is 5.41 Å². The van der Waals surface area contributed by atoms with Gasteiger partial charge in [0.15, 0.2) is 0 Å². The van der Waals surface area contributed by atoms with Crippen molar-refractivity contribution >= 4 is 11.6 Å². The Bertz CT molecular complexity index is 396.